The Morgan fingerprint density at radius 1 is 1.50 bits per heavy atom. The Morgan fingerprint density at radius 3 is 3.00 bits per heavy atom. The summed E-state index contributed by atoms with van der Waals surface area (Å²) in [4.78, 5) is 0. The fourth-order valence-corrected chi connectivity index (χ4v) is 2.25. The minimum absolute atomic E-state index is 0.363. The van der Waals surface area contributed by atoms with Gasteiger partial charge in [-0.05, 0) is 11.4 Å². The Kier molecular flexibility index (Phi) is 3.05. The standard InChI is InChI=1S/C8H7Cl2N3S/c9-3-7-12-11-5-13(7)4-6-1-2-14-8(6)10/h1-2,5H,3-4H2. The van der Waals surface area contributed by atoms with Crippen molar-refractivity contribution in [1.29, 1.82) is 0 Å². The van der Waals surface area contributed by atoms with E-state index in [1.54, 1.807) is 6.33 Å². The Labute approximate surface area is 95.3 Å². The van der Waals surface area contributed by atoms with Gasteiger partial charge in [0, 0.05) is 5.56 Å². The minimum Gasteiger partial charge on any atom is -0.312 e. The van der Waals surface area contributed by atoms with Crippen molar-refractivity contribution in [3.8, 4) is 0 Å². The molecule has 0 spiro atoms. The van der Waals surface area contributed by atoms with Crippen LogP contribution in [0.3, 0.4) is 0 Å². The molecule has 0 unspecified atom stereocenters. The summed E-state index contributed by atoms with van der Waals surface area (Å²) >= 11 is 13.2. The zero-order valence-corrected chi connectivity index (χ0v) is 9.48. The summed E-state index contributed by atoms with van der Waals surface area (Å²) in [5.41, 5.74) is 1.07. The molecule has 0 amide bonds. The molecule has 2 rings (SSSR count). The van der Waals surface area contributed by atoms with Gasteiger partial charge < -0.3 is 4.57 Å². The smallest absolute Gasteiger partial charge is 0.148 e. The van der Waals surface area contributed by atoms with Gasteiger partial charge in [-0.3, -0.25) is 0 Å². The van der Waals surface area contributed by atoms with Crippen LogP contribution in [0.25, 0.3) is 0 Å². The van der Waals surface area contributed by atoms with Crippen molar-refractivity contribution in [2.45, 2.75) is 12.4 Å². The van der Waals surface area contributed by atoms with Crippen molar-refractivity contribution in [2.75, 3.05) is 0 Å². The molecule has 0 N–H and O–H groups in total. The van der Waals surface area contributed by atoms with E-state index in [1.807, 2.05) is 16.0 Å². The summed E-state index contributed by atoms with van der Waals surface area (Å²) in [6, 6.07) is 1.99. The average Bonchev–Trinajstić information content (AvgIpc) is 2.77. The molecule has 3 nitrogen and oxygen atoms in total. The highest BCUT2D eigenvalue weighted by molar-refractivity contribution is 7.14. The van der Waals surface area contributed by atoms with Gasteiger partial charge in [0.25, 0.3) is 0 Å². The SMILES string of the molecule is ClCc1nncn1Cc1ccsc1Cl. The van der Waals surface area contributed by atoms with Crippen LogP contribution in [0, 0.1) is 0 Å². The molecule has 0 aliphatic heterocycles. The monoisotopic (exact) mass is 247 g/mol. The Balaban J connectivity index is 2.22. The predicted octanol–water partition coefficient (Wildman–Crippen LogP) is 2.78. The maximum atomic E-state index is 5.98. The molecule has 6 heteroatoms. The van der Waals surface area contributed by atoms with Gasteiger partial charge in [0.2, 0.25) is 0 Å². The zero-order valence-electron chi connectivity index (χ0n) is 7.15. The summed E-state index contributed by atoms with van der Waals surface area (Å²) in [6.07, 6.45) is 1.66. The van der Waals surface area contributed by atoms with E-state index < -0.39 is 0 Å². The molecular formula is C8H7Cl2N3S. The van der Waals surface area contributed by atoms with E-state index in [2.05, 4.69) is 10.2 Å². The van der Waals surface area contributed by atoms with Crippen LogP contribution in [0.4, 0.5) is 0 Å². The van der Waals surface area contributed by atoms with Gasteiger partial charge >= 0.3 is 0 Å². The summed E-state index contributed by atoms with van der Waals surface area (Å²) in [7, 11) is 0. The molecule has 14 heavy (non-hydrogen) atoms. The van der Waals surface area contributed by atoms with Crippen molar-refractivity contribution in [3.63, 3.8) is 0 Å². The number of thiophene rings is 1. The van der Waals surface area contributed by atoms with Crippen molar-refractivity contribution in [1.82, 2.24) is 14.8 Å². The predicted molar refractivity (Wildman–Crippen MR) is 58.0 cm³/mol. The van der Waals surface area contributed by atoms with Gasteiger partial charge in [0.05, 0.1) is 16.8 Å². The van der Waals surface area contributed by atoms with Crippen LogP contribution in [0.1, 0.15) is 11.4 Å². The molecule has 0 saturated carbocycles. The molecule has 2 aromatic rings. The van der Waals surface area contributed by atoms with E-state index in [1.165, 1.54) is 11.3 Å². The third-order valence-corrected chi connectivity index (χ3v) is 3.34. The number of hydrogen-bond donors (Lipinski definition) is 0. The molecule has 0 aromatic carbocycles. The molecule has 0 saturated heterocycles. The lowest BCUT2D eigenvalue weighted by atomic mass is 10.3. The molecule has 0 aliphatic rings. The van der Waals surface area contributed by atoms with Gasteiger partial charge in [0.1, 0.15) is 12.2 Å². The van der Waals surface area contributed by atoms with Gasteiger partial charge in [-0.2, -0.15) is 0 Å². The van der Waals surface area contributed by atoms with Crippen LogP contribution in [0.5, 0.6) is 0 Å². The van der Waals surface area contributed by atoms with E-state index in [0.717, 1.165) is 15.7 Å². The van der Waals surface area contributed by atoms with Crippen molar-refractivity contribution in [2.24, 2.45) is 0 Å². The lowest BCUT2D eigenvalue weighted by Crippen LogP contribution is -2.01. The zero-order chi connectivity index (χ0) is 9.97. The number of halogens is 2. The lowest BCUT2D eigenvalue weighted by Gasteiger charge is -2.02. The maximum Gasteiger partial charge on any atom is 0.148 e. The van der Waals surface area contributed by atoms with E-state index in [9.17, 15) is 0 Å². The highest BCUT2D eigenvalue weighted by Gasteiger charge is 2.06. The number of nitrogens with zero attached hydrogens (tertiary/aromatic N) is 3. The van der Waals surface area contributed by atoms with E-state index in [0.29, 0.717) is 12.4 Å². The van der Waals surface area contributed by atoms with Gasteiger partial charge in [0.15, 0.2) is 0 Å². The number of aromatic nitrogens is 3. The fraction of sp³-hybridized carbons (Fsp3) is 0.250. The molecule has 2 aromatic heterocycles. The second-order valence-corrected chi connectivity index (χ2v) is 4.51. The van der Waals surface area contributed by atoms with Crippen LogP contribution in [0.2, 0.25) is 4.34 Å². The van der Waals surface area contributed by atoms with Crippen molar-refractivity contribution < 1.29 is 0 Å². The van der Waals surface area contributed by atoms with Crippen LogP contribution in [-0.2, 0) is 12.4 Å². The number of rotatable bonds is 3. The molecule has 0 fully saturated rings. The second kappa shape index (κ2) is 4.29. The highest BCUT2D eigenvalue weighted by Crippen LogP contribution is 2.23. The first-order valence-electron chi connectivity index (χ1n) is 3.96. The highest BCUT2D eigenvalue weighted by atomic mass is 35.5. The summed E-state index contributed by atoms with van der Waals surface area (Å²) in [6.45, 7) is 0.678. The number of hydrogen-bond acceptors (Lipinski definition) is 3. The summed E-state index contributed by atoms with van der Waals surface area (Å²) in [5, 5.41) is 9.64. The maximum absolute atomic E-state index is 5.98. The van der Waals surface area contributed by atoms with Crippen LogP contribution < -0.4 is 0 Å². The normalized spacial score (nSPS) is 10.7. The first-order chi connectivity index (χ1) is 6.81. The first kappa shape index (κ1) is 9.96. The molecule has 0 bridgehead atoms. The van der Waals surface area contributed by atoms with Gasteiger partial charge in [-0.15, -0.1) is 33.1 Å². The topological polar surface area (TPSA) is 30.7 Å². The molecular weight excluding hydrogens is 241 g/mol. The fourth-order valence-electron chi connectivity index (χ4n) is 1.13. The van der Waals surface area contributed by atoms with E-state index in [-0.39, 0.29) is 0 Å². The average molecular weight is 248 g/mol. The van der Waals surface area contributed by atoms with Crippen molar-refractivity contribution >= 4 is 34.5 Å². The second-order valence-electron chi connectivity index (χ2n) is 2.73. The third kappa shape index (κ3) is 1.92. The third-order valence-electron chi connectivity index (χ3n) is 1.85. The first-order valence-corrected chi connectivity index (χ1v) is 5.75. The van der Waals surface area contributed by atoms with Gasteiger partial charge in [-0.1, -0.05) is 11.6 Å². The van der Waals surface area contributed by atoms with E-state index in [4.69, 9.17) is 23.2 Å². The molecule has 0 aliphatic carbocycles. The molecule has 0 atom stereocenters. The van der Waals surface area contributed by atoms with Crippen molar-refractivity contribution in [3.05, 3.63) is 33.5 Å². The van der Waals surface area contributed by atoms with Crippen LogP contribution in [-0.4, -0.2) is 14.8 Å². The Hall–Kier alpha value is -0.580. The van der Waals surface area contributed by atoms with Gasteiger partial charge in [-0.25, -0.2) is 0 Å². The largest absolute Gasteiger partial charge is 0.312 e. The quantitative estimate of drug-likeness (QED) is 0.782. The van der Waals surface area contributed by atoms with Crippen LogP contribution in [0.15, 0.2) is 17.8 Å². The van der Waals surface area contributed by atoms with E-state index >= 15 is 0 Å². The molecule has 2 heterocycles. The summed E-state index contributed by atoms with van der Waals surface area (Å²) < 4.78 is 2.69. The Bertz CT molecular complexity index is 424. The summed E-state index contributed by atoms with van der Waals surface area (Å²) in [5.74, 6) is 1.12. The lowest BCUT2D eigenvalue weighted by molar-refractivity contribution is 0.757. The minimum atomic E-state index is 0.363. The van der Waals surface area contributed by atoms with Crippen LogP contribution >= 0.6 is 34.5 Å². The number of alkyl halides is 1. The molecule has 0 radical (unpaired) electrons. The Morgan fingerprint density at radius 2 is 2.36 bits per heavy atom. The molecule has 74 valence electrons.